The Morgan fingerprint density at radius 1 is 1.14 bits per heavy atom. The minimum Gasteiger partial charge on any atom is -0.338 e. The number of amides is 1. The smallest absolute Gasteiger partial charge is 0.253 e. The second-order valence-corrected chi connectivity index (χ2v) is 6.17. The summed E-state index contributed by atoms with van der Waals surface area (Å²) >= 11 is 0. The Bertz CT molecular complexity index is 593. The standard InChI is InChI=1S/C17H21N3O/c1-13-9-14(2)11-20(10-13)17(21)15-3-5-16(6-4-15)19-8-7-18-12-19/h3-8,12-14H,9-11H2,1-2H3. The molecule has 1 saturated heterocycles. The molecule has 0 saturated carbocycles. The van der Waals surface area contributed by atoms with Gasteiger partial charge in [0.15, 0.2) is 0 Å². The van der Waals surface area contributed by atoms with Crippen molar-refractivity contribution in [2.45, 2.75) is 20.3 Å². The molecule has 1 aliphatic heterocycles. The quantitative estimate of drug-likeness (QED) is 0.850. The number of rotatable bonds is 2. The van der Waals surface area contributed by atoms with Crippen LogP contribution in [0.1, 0.15) is 30.6 Å². The monoisotopic (exact) mass is 283 g/mol. The predicted molar refractivity (Wildman–Crippen MR) is 82.4 cm³/mol. The van der Waals surface area contributed by atoms with Crippen LogP contribution in [0.25, 0.3) is 5.69 Å². The Morgan fingerprint density at radius 2 is 1.81 bits per heavy atom. The Balaban J connectivity index is 1.76. The first-order valence-electron chi connectivity index (χ1n) is 7.51. The third-order valence-electron chi connectivity index (χ3n) is 4.07. The van der Waals surface area contributed by atoms with Crippen LogP contribution in [0.15, 0.2) is 43.0 Å². The van der Waals surface area contributed by atoms with Gasteiger partial charge in [0.2, 0.25) is 0 Å². The molecule has 1 aromatic heterocycles. The molecular weight excluding hydrogens is 262 g/mol. The fourth-order valence-electron chi connectivity index (χ4n) is 3.20. The molecule has 0 radical (unpaired) electrons. The number of aromatic nitrogens is 2. The van der Waals surface area contributed by atoms with E-state index in [1.807, 2.05) is 39.9 Å². The Morgan fingerprint density at radius 3 is 2.38 bits per heavy atom. The summed E-state index contributed by atoms with van der Waals surface area (Å²) in [5, 5.41) is 0. The first-order chi connectivity index (χ1) is 10.1. The van der Waals surface area contributed by atoms with Crippen LogP contribution in [0.5, 0.6) is 0 Å². The van der Waals surface area contributed by atoms with Gasteiger partial charge < -0.3 is 9.47 Å². The number of imidazole rings is 1. The minimum atomic E-state index is 0.144. The van der Waals surface area contributed by atoms with Gasteiger partial charge in [-0.05, 0) is 42.5 Å². The van der Waals surface area contributed by atoms with E-state index in [9.17, 15) is 4.79 Å². The topological polar surface area (TPSA) is 38.1 Å². The zero-order valence-corrected chi connectivity index (χ0v) is 12.6. The van der Waals surface area contributed by atoms with Crippen molar-refractivity contribution < 1.29 is 4.79 Å². The molecule has 1 aliphatic rings. The largest absolute Gasteiger partial charge is 0.338 e. The fraction of sp³-hybridized carbons (Fsp3) is 0.412. The molecule has 21 heavy (non-hydrogen) atoms. The molecule has 0 aliphatic carbocycles. The normalized spacial score (nSPS) is 22.3. The molecule has 2 unspecified atom stereocenters. The van der Waals surface area contributed by atoms with E-state index in [0.29, 0.717) is 11.8 Å². The second kappa shape index (κ2) is 5.72. The van der Waals surface area contributed by atoms with Crippen LogP contribution in [-0.2, 0) is 0 Å². The van der Waals surface area contributed by atoms with E-state index >= 15 is 0 Å². The third kappa shape index (κ3) is 2.99. The van der Waals surface area contributed by atoms with Crippen molar-refractivity contribution in [3.8, 4) is 5.69 Å². The molecule has 0 spiro atoms. The molecule has 1 fully saturated rings. The van der Waals surface area contributed by atoms with Gasteiger partial charge in [0.25, 0.3) is 5.91 Å². The van der Waals surface area contributed by atoms with Crippen LogP contribution in [-0.4, -0.2) is 33.4 Å². The van der Waals surface area contributed by atoms with Gasteiger partial charge in [0, 0.05) is 36.7 Å². The highest BCUT2D eigenvalue weighted by Crippen LogP contribution is 2.22. The Labute approximate surface area is 125 Å². The van der Waals surface area contributed by atoms with E-state index in [1.165, 1.54) is 6.42 Å². The minimum absolute atomic E-state index is 0.144. The van der Waals surface area contributed by atoms with Crippen LogP contribution in [0, 0.1) is 11.8 Å². The number of carbonyl (C=O) groups excluding carboxylic acids is 1. The SMILES string of the molecule is CC1CC(C)CN(C(=O)c2ccc(-n3ccnc3)cc2)C1. The highest BCUT2D eigenvalue weighted by Gasteiger charge is 2.25. The summed E-state index contributed by atoms with van der Waals surface area (Å²) in [6.07, 6.45) is 6.61. The highest BCUT2D eigenvalue weighted by atomic mass is 16.2. The van der Waals surface area contributed by atoms with E-state index in [1.54, 1.807) is 12.5 Å². The van der Waals surface area contributed by atoms with Crippen LogP contribution >= 0.6 is 0 Å². The van der Waals surface area contributed by atoms with E-state index in [-0.39, 0.29) is 5.91 Å². The molecule has 1 amide bonds. The van der Waals surface area contributed by atoms with Gasteiger partial charge in [-0.25, -0.2) is 4.98 Å². The first-order valence-corrected chi connectivity index (χ1v) is 7.51. The van der Waals surface area contributed by atoms with Gasteiger partial charge in [-0.15, -0.1) is 0 Å². The summed E-state index contributed by atoms with van der Waals surface area (Å²) < 4.78 is 1.93. The lowest BCUT2D eigenvalue weighted by atomic mass is 9.91. The summed E-state index contributed by atoms with van der Waals surface area (Å²) in [4.78, 5) is 18.6. The lowest BCUT2D eigenvalue weighted by molar-refractivity contribution is 0.0623. The van der Waals surface area contributed by atoms with Gasteiger partial charge in [0.05, 0.1) is 6.33 Å². The average molecular weight is 283 g/mol. The molecule has 110 valence electrons. The number of piperidine rings is 1. The maximum atomic E-state index is 12.6. The van der Waals surface area contributed by atoms with Gasteiger partial charge in [0.1, 0.15) is 0 Å². The molecular formula is C17H21N3O. The van der Waals surface area contributed by atoms with Crippen LogP contribution < -0.4 is 0 Å². The van der Waals surface area contributed by atoms with E-state index in [4.69, 9.17) is 0 Å². The van der Waals surface area contributed by atoms with Crippen molar-refractivity contribution in [1.82, 2.24) is 14.5 Å². The summed E-state index contributed by atoms with van der Waals surface area (Å²) in [5.41, 5.74) is 1.78. The number of likely N-dealkylation sites (tertiary alicyclic amines) is 1. The van der Waals surface area contributed by atoms with E-state index < -0.39 is 0 Å². The molecule has 0 N–H and O–H groups in total. The van der Waals surface area contributed by atoms with Gasteiger partial charge in [-0.3, -0.25) is 4.79 Å². The summed E-state index contributed by atoms with van der Waals surface area (Å²) in [7, 11) is 0. The number of hydrogen-bond acceptors (Lipinski definition) is 2. The Hall–Kier alpha value is -2.10. The molecule has 2 atom stereocenters. The first kappa shape index (κ1) is 13.9. The molecule has 3 rings (SSSR count). The summed E-state index contributed by atoms with van der Waals surface area (Å²) in [5.74, 6) is 1.32. The van der Waals surface area contributed by atoms with Crippen molar-refractivity contribution in [3.63, 3.8) is 0 Å². The van der Waals surface area contributed by atoms with Gasteiger partial charge in [-0.1, -0.05) is 13.8 Å². The maximum Gasteiger partial charge on any atom is 0.253 e. The molecule has 1 aromatic carbocycles. The number of hydrogen-bond donors (Lipinski definition) is 0. The summed E-state index contributed by atoms with van der Waals surface area (Å²) in [6, 6.07) is 7.74. The van der Waals surface area contributed by atoms with Crippen LogP contribution in [0.4, 0.5) is 0 Å². The second-order valence-electron chi connectivity index (χ2n) is 6.17. The zero-order chi connectivity index (χ0) is 14.8. The van der Waals surface area contributed by atoms with Crippen molar-refractivity contribution in [3.05, 3.63) is 48.5 Å². The lowest BCUT2D eigenvalue weighted by Crippen LogP contribution is -2.42. The molecule has 4 heteroatoms. The number of nitrogens with zero attached hydrogens (tertiary/aromatic N) is 3. The molecule has 0 bridgehead atoms. The van der Waals surface area contributed by atoms with Crippen molar-refractivity contribution in [2.24, 2.45) is 11.8 Å². The maximum absolute atomic E-state index is 12.6. The fourth-order valence-corrected chi connectivity index (χ4v) is 3.20. The molecule has 4 nitrogen and oxygen atoms in total. The van der Waals surface area contributed by atoms with E-state index in [2.05, 4.69) is 18.8 Å². The third-order valence-corrected chi connectivity index (χ3v) is 4.07. The van der Waals surface area contributed by atoms with Crippen molar-refractivity contribution in [2.75, 3.05) is 13.1 Å². The predicted octanol–water partition coefficient (Wildman–Crippen LogP) is 2.99. The highest BCUT2D eigenvalue weighted by molar-refractivity contribution is 5.94. The van der Waals surface area contributed by atoms with Crippen molar-refractivity contribution in [1.29, 1.82) is 0 Å². The van der Waals surface area contributed by atoms with Crippen LogP contribution in [0.2, 0.25) is 0 Å². The Kier molecular flexibility index (Phi) is 3.78. The van der Waals surface area contributed by atoms with Crippen molar-refractivity contribution >= 4 is 5.91 Å². The lowest BCUT2D eigenvalue weighted by Gasteiger charge is -2.35. The van der Waals surface area contributed by atoms with Crippen LogP contribution in [0.3, 0.4) is 0 Å². The number of carbonyl (C=O) groups is 1. The number of benzene rings is 1. The molecule has 2 heterocycles. The zero-order valence-electron chi connectivity index (χ0n) is 12.6. The summed E-state index contributed by atoms with van der Waals surface area (Å²) in [6.45, 7) is 6.18. The average Bonchev–Trinajstić information content (AvgIpc) is 3.00. The van der Waals surface area contributed by atoms with Gasteiger partial charge in [-0.2, -0.15) is 0 Å². The van der Waals surface area contributed by atoms with E-state index in [0.717, 1.165) is 24.3 Å². The molecule has 2 aromatic rings. The van der Waals surface area contributed by atoms with Gasteiger partial charge >= 0.3 is 0 Å².